The lowest BCUT2D eigenvalue weighted by atomic mass is 9.98. The summed E-state index contributed by atoms with van der Waals surface area (Å²) < 4.78 is 70.8. The molecule has 0 saturated carbocycles. The van der Waals surface area contributed by atoms with Gasteiger partial charge in [0.25, 0.3) is 5.91 Å². The number of carbonyl (C=O) groups excluding carboxylic acids is 2. The van der Waals surface area contributed by atoms with E-state index >= 15 is 0 Å². The minimum absolute atomic E-state index is 0.0534. The van der Waals surface area contributed by atoms with Crippen LogP contribution >= 0.6 is 0 Å². The van der Waals surface area contributed by atoms with E-state index in [4.69, 9.17) is 4.74 Å². The number of nitrogens with zero attached hydrogens (tertiary/aromatic N) is 1. The number of esters is 1. The zero-order valence-corrected chi connectivity index (χ0v) is 19.4. The van der Waals surface area contributed by atoms with Crippen molar-refractivity contribution < 1.29 is 35.9 Å². The maximum absolute atomic E-state index is 13.0. The molecule has 1 N–H and O–H groups in total. The Morgan fingerprint density at radius 1 is 1.09 bits per heavy atom. The third-order valence-electron chi connectivity index (χ3n) is 5.53. The summed E-state index contributed by atoms with van der Waals surface area (Å²) in [7, 11) is -4.15. The molecule has 1 aliphatic rings. The van der Waals surface area contributed by atoms with Crippen molar-refractivity contribution in [2.45, 2.75) is 43.9 Å². The van der Waals surface area contributed by atoms with Crippen LogP contribution in [0.5, 0.6) is 0 Å². The number of sulfonamides is 1. The van der Waals surface area contributed by atoms with Crippen LogP contribution in [0.3, 0.4) is 0 Å². The van der Waals surface area contributed by atoms with Crippen LogP contribution in [0.25, 0.3) is 0 Å². The molecule has 1 amide bonds. The van der Waals surface area contributed by atoms with Gasteiger partial charge in [-0.3, -0.25) is 9.59 Å². The van der Waals surface area contributed by atoms with Crippen LogP contribution in [0, 0.1) is 12.8 Å². The van der Waals surface area contributed by atoms with Crippen molar-refractivity contribution in [3.8, 4) is 0 Å². The Morgan fingerprint density at radius 2 is 1.74 bits per heavy atom. The summed E-state index contributed by atoms with van der Waals surface area (Å²) in [6, 6.07) is 10.7. The van der Waals surface area contributed by atoms with E-state index in [1.54, 1.807) is 18.2 Å². The molecule has 1 aliphatic heterocycles. The van der Waals surface area contributed by atoms with Gasteiger partial charge in [0.1, 0.15) is 0 Å². The summed E-state index contributed by atoms with van der Waals surface area (Å²) in [6.07, 6.45) is -5.46. The van der Waals surface area contributed by atoms with Gasteiger partial charge in [0.05, 0.1) is 16.4 Å². The number of carbonyl (C=O) groups is 2. The molecule has 7 nitrogen and oxygen atoms in total. The normalized spacial score (nSPS) is 16.6. The number of amides is 1. The standard InChI is InChI=1S/C23H25F3N2O5S/c1-15-5-3-7-19(13-15)27-21(29)16(2)33-22(30)17-9-11-28(12-10-17)34(31,32)20-8-4-6-18(14-20)23(24,25)26/h3-8,13-14,16-17H,9-12H2,1-2H3,(H,27,29). The van der Waals surface area contributed by atoms with Crippen molar-refractivity contribution in [2.24, 2.45) is 5.92 Å². The van der Waals surface area contributed by atoms with Gasteiger partial charge in [-0.1, -0.05) is 18.2 Å². The highest BCUT2D eigenvalue weighted by atomic mass is 32.2. The number of piperidine rings is 1. The first-order chi connectivity index (χ1) is 15.9. The Hall–Kier alpha value is -2.92. The second-order valence-corrected chi connectivity index (χ2v) is 10.1. The minimum Gasteiger partial charge on any atom is -0.452 e. The van der Waals surface area contributed by atoms with Crippen LogP contribution in [0.4, 0.5) is 18.9 Å². The summed E-state index contributed by atoms with van der Waals surface area (Å²) in [5.41, 5.74) is 0.472. The number of ether oxygens (including phenoxy) is 1. The molecule has 1 heterocycles. The minimum atomic E-state index is -4.66. The number of anilines is 1. The van der Waals surface area contributed by atoms with E-state index in [1.165, 1.54) is 6.92 Å². The van der Waals surface area contributed by atoms with E-state index in [1.807, 2.05) is 13.0 Å². The SMILES string of the molecule is Cc1cccc(NC(=O)C(C)OC(=O)C2CCN(S(=O)(=O)c3cccc(C(F)(F)F)c3)CC2)c1. The second-order valence-electron chi connectivity index (χ2n) is 8.14. The van der Waals surface area contributed by atoms with E-state index in [0.717, 1.165) is 28.1 Å². The summed E-state index contributed by atoms with van der Waals surface area (Å²) in [5, 5.41) is 2.67. The molecule has 0 spiro atoms. The molecule has 0 bridgehead atoms. The zero-order valence-electron chi connectivity index (χ0n) is 18.6. The van der Waals surface area contributed by atoms with Crippen molar-refractivity contribution >= 4 is 27.6 Å². The van der Waals surface area contributed by atoms with Gasteiger partial charge in [0, 0.05) is 18.8 Å². The fourth-order valence-electron chi connectivity index (χ4n) is 3.60. The lowest BCUT2D eigenvalue weighted by Gasteiger charge is -2.30. The smallest absolute Gasteiger partial charge is 0.416 e. The van der Waals surface area contributed by atoms with Gasteiger partial charge in [-0.05, 0) is 62.6 Å². The van der Waals surface area contributed by atoms with Crippen molar-refractivity contribution in [1.29, 1.82) is 0 Å². The highest BCUT2D eigenvalue weighted by Gasteiger charge is 2.36. The highest BCUT2D eigenvalue weighted by molar-refractivity contribution is 7.89. The highest BCUT2D eigenvalue weighted by Crippen LogP contribution is 2.32. The number of aryl methyl sites for hydroxylation is 1. The Morgan fingerprint density at radius 3 is 2.35 bits per heavy atom. The maximum atomic E-state index is 13.0. The molecule has 1 saturated heterocycles. The monoisotopic (exact) mass is 498 g/mol. The number of halogens is 3. The average molecular weight is 499 g/mol. The molecule has 11 heteroatoms. The molecule has 0 aromatic heterocycles. The summed E-state index contributed by atoms with van der Waals surface area (Å²) in [6.45, 7) is 3.21. The van der Waals surface area contributed by atoms with Gasteiger partial charge in [-0.2, -0.15) is 17.5 Å². The molecule has 2 aromatic carbocycles. The lowest BCUT2D eigenvalue weighted by molar-refractivity contribution is -0.158. The van der Waals surface area contributed by atoms with Crippen LogP contribution in [0.2, 0.25) is 0 Å². The van der Waals surface area contributed by atoms with E-state index < -0.39 is 50.6 Å². The summed E-state index contributed by atoms with van der Waals surface area (Å²) in [5.74, 6) is -1.74. The molecule has 1 fully saturated rings. The third kappa shape index (κ3) is 6.15. The second kappa shape index (κ2) is 10.1. The van der Waals surface area contributed by atoms with Crippen molar-refractivity contribution in [3.63, 3.8) is 0 Å². The number of benzene rings is 2. The quantitative estimate of drug-likeness (QED) is 0.608. The first-order valence-corrected chi connectivity index (χ1v) is 12.1. The molecule has 0 aliphatic carbocycles. The third-order valence-corrected chi connectivity index (χ3v) is 7.43. The Kier molecular flexibility index (Phi) is 7.67. The Bertz CT molecular complexity index is 1160. The molecule has 1 unspecified atom stereocenters. The van der Waals surface area contributed by atoms with E-state index in [9.17, 15) is 31.2 Å². The fourth-order valence-corrected chi connectivity index (χ4v) is 5.12. The van der Waals surface area contributed by atoms with Gasteiger partial charge in [-0.25, -0.2) is 8.42 Å². The average Bonchev–Trinajstić information content (AvgIpc) is 2.78. The Labute approximate surface area is 196 Å². The largest absolute Gasteiger partial charge is 0.452 e. The summed E-state index contributed by atoms with van der Waals surface area (Å²) in [4.78, 5) is 24.4. The lowest BCUT2D eigenvalue weighted by Crippen LogP contribution is -2.41. The van der Waals surface area contributed by atoms with Gasteiger partial charge in [0.15, 0.2) is 6.10 Å². The predicted octanol–water partition coefficient (Wildman–Crippen LogP) is 3.98. The van der Waals surface area contributed by atoms with Gasteiger partial charge in [-0.15, -0.1) is 0 Å². The fraction of sp³-hybridized carbons (Fsp3) is 0.391. The number of hydrogen-bond acceptors (Lipinski definition) is 5. The molecule has 0 radical (unpaired) electrons. The van der Waals surface area contributed by atoms with Gasteiger partial charge >= 0.3 is 12.1 Å². The summed E-state index contributed by atoms with van der Waals surface area (Å²) >= 11 is 0. The number of nitrogens with one attached hydrogen (secondary N) is 1. The molecule has 2 aromatic rings. The molecule has 3 rings (SSSR count). The van der Waals surface area contributed by atoms with Crippen LogP contribution < -0.4 is 5.32 Å². The van der Waals surface area contributed by atoms with Crippen LogP contribution in [-0.4, -0.2) is 43.8 Å². The van der Waals surface area contributed by atoms with Crippen molar-refractivity contribution in [1.82, 2.24) is 4.31 Å². The van der Waals surface area contributed by atoms with Crippen molar-refractivity contribution in [3.05, 3.63) is 59.7 Å². The molecule has 184 valence electrons. The van der Waals surface area contributed by atoms with Crippen LogP contribution in [0.15, 0.2) is 53.4 Å². The zero-order chi connectivity index (χ0) is 25.1. The van der Waals surface area contributed by atoms with Crippen LogP contribution in [-0.2, 0) is 30.5 Å². The van der Waals surface area contributed by atoms with Gasteiger partial charge < -0.3 is 10.1 Å². The van der Waals surface area contributed by atoms with Gasteiger partial charge in [0.2, 0.25) is 10.0 Å². The first-order valence-electron chi connectivity index (χ1n) is 10.6. The number of alkyl halides is 3. The van der Waals surface area contributed by atoms with E-state index in [0.29, 0.717) is 11.8 Å². The van der Waals surface area contributed by atoms with E-state index in [2.05, 4.69) is 5.32 Å². The first kappa shape index (κ1) is 25.7. The van der Waals surface area contributed by atoms with Crippen molar-refractivity contribution in [2.75, 3.05) is 18.4 Å². The maximum Gasteiger partial charge on any atom is 0.416 e. The topological polar surface area (TPSA) is 92.8 Å². The molecule has 1 atom stereocenters. The van der Waals surface area contributed by atoms with E-state index in [-0.39, 0.29) is 25.9 Å². The number of rotatable bonds is 6. The Balaban J connectivity index is 1.56. The molecule has 34 heavy (non-hydrogen) atoms. The predicted molar refractivity (Wildman–Crippen MR) is 118 cm³/mol. The molecular weight excluding hydrogens is 473 g/mol. The number of hydrogen-bond donors (Lipinski definition) is 1. The molecular formula is C23H25F3N2O5S. The van der Waals surface area contributed by atoms with Crippen LogP contribution in [0.1, 0.15) is 30.9 Å².